The highest BCUT2D eigenvalue weighted by Gasteiger charge is 2.22. The molecule has 1 heterocycles. The van der Waals surface area contributed by atoms with Gasteiger partial charge in [0, 0.05) is 23.2 Å². The highest BCUT2D eigenvalue weighted by atomic mass is 16.4. The number of aromatic nitrogens is 1. The minimum atomic E-state index is -1.01. The summed E-state index contributed by atoms with van der Waals surface area (Å²) in [6, 6.07) is 3.22. The summed E-state index contributed by atoms with van der Waals surface area (Å²) in [5.41, 5.74) is 3.20. The first-order valence-corrected chi connectivity index (χ1v) is 7.31. The molecule has 2 N–H and O–H groups in total. The zero-order valence-electron chi connectivity index (χ0n) is 13.3. The fraction of sp³-hybridized carbons (Fsp3) is 0.412. The molecule has 0 bridgehead atoms. The molecule has 0 amide bonds. The normalized spacial score (nSPS) is 11.4. The van der Waals surface area contributed by atoms with E-state index in [-0.39, 0.29) is 23.9 Å². The average Bonchev–Trinajstić information content (AvgIpc) is 2.70. The van der Waals surface area contributed by atoms with Gasteiger partial charge in [0.15, 0.2) is 5.78 Å². The number of carbonyl (C=O) groups is 2. The van der Waals surface area contributed by atoms with Gasteiger partial charge in [-0.2, -0.15) is 0 Å². The smallest absolute Gasteiger partial charge is 0.335 e. The maximum Gasteiger partial charge on any atom is 0.335 e. The predicted molar refractivity (Wildman–Crippen MR) is 84.8 cm³/mol. The van der Waals surface area contributed by atoms with Crippen molar-refractivity contribution in [1.29, 1.82) is 0 Å². The lowest BCUT2D eigenvalue weighted by molar-refractivity contribution is 0.0696. The first-order valence-electron chi connectivity index (χ1n) is 7.31. The Hall–Kier alpha value is -2.14. The van der Waals surface area contributed by atoms with E-state index in [1.54, 1.807) is 12.1 Å². The largest absolute Gasteiger partial charge is 0.478 e. The number of hydrogen-bond acceptors (Lipinski definition) is 3. The maximum absolute atomic E-state index is 12.0. The zero-order chi connectivity index (χ0) is 16.6. The summed E-state index contributed by atoms with van der Waals surface area (Å²) in [6.07, 6.45) is 0. The summed E-state index contributed by atoms with van der Waals surface area (Å²) < 4.78 is 1.91. The van der Waals surface area contributed by atoms with E-state index in [0.717, 1.165) is 16.8 Å². The molecule has 5 heteroatoms. The zero-order valence-corrected chi connectivity index (χ0v) is 13.3. The number of Topliss-reactive ketones (excluding diaryl/α,β-unsaturated/α-hetero) is 1. The van der Waals surface area contributed by atoms with Crippen LogP contribution >= 0.6 is 0 Å². The third-order valence-electron chi connectivity index (χ3n) is 3.99. The summed E-state index contributed by atoms with van der Waals surface area (Å²) >= 11 is 0. The number of aliphatic hydroxyl groups excluding tert-OH is 1. The van der Waals surface area contributed by atoms with E-state index >= 15 is 0 Å². The van der Waals surface area contributed by atoms with Gasteiger partial charge in [-0.15, -0.1) is 0 Å². The standard InChI is InChI=1S/C17H21NO4/c1-9(2)13-7-12(17(21)22)8-14-15(11(4)20)10(3)18(5-6-19)16(13)14/h7-9,19H,5-6H2,1-4H3,(H,21,22). The molecule has 2 aromatic rings. The molecule has 0 atom stereocenters. The lowest BCUT2D eigenvalue weighted by atomic mass is 9.95. The van der Waals surface area contributed by atoms with Gasteiger partial charge in [0.2, 0.25) is 0 Å². The molecule has 1 aromatic carbocycles. The van der Waals surface area contributed by atoms with Crippen molar-refractivity contribution in [2.45, 2.75) is 40.2 Å². The Morgan fingerprint density at radius 2 is 1.91 bits per heavy atom. The third-order valence-corrected chi connectivity index (χ3v) is 3.99. The fourth-order valence-corrected chi connectivity index (χ4v) is 3.03. The molecule has 5 nitrogen and oxygen atoms in total. The van der Waals surface area contributed by atoms with Crippen LogP contribution in [0, 0.1) is 6.92 Å². The molecular weight excluding hydrogens is 282 g/mol. The van der Waals surface area contributed by atoms with Crippen LogP contribution in [0.2, 0.25) is 0 Å². The SMILES string of the molecule is CC(=O)c1c(C)n(CCO)c2c(C(C)C)cc(C(=O)O)cc12. The van der Waals surface area contributed by atoms with Gasteiger partial charge in [-0.25, -0.2) is 4.79 Å². The van der Waals surface area contributed by atoms with Crippen LogP contribution in [-0.2, 0) is 6.54 Å². The van der Waals surface area contributed by atoms with E-state index in [4.69, 9.17) is 0 Å². The first-order chi connectivity index (χ1) is 10.3. The minimum Gasteiger partial charge on any atom is -0.478 e. The van der Waals surface area contributed by atoms with Crippen LogP contribution in [0.1, 0.15) is 58.7 Å². The molecule has 0 fully saturated rings. The van der Waals surface area contributed by atoms with E-state index in [0.29, 0.717) is 17.5 Å². The number of rotatable bonds is 5. The summed E-state index contributed by atoms with van der Waals surface area (Å²) in [5.74, 6) is -1.00. The summed E-state index contributed by atoms with van der Waals surface area (Å²) in [5, 5.41) is 19.3. The van der Waals surface area contributed by atoms with Crippen LogP contribution in [0.3, 0.4) is 0 Å². The lowest BCUT2D eigenvalue weighted by Crippen LogP contribution is -2.07. The number of benzene rings is 1. The Balaban J connectivity index is 3.00. The number of aromatic carboxylic acids is 1. The van der Waals surface area contributed by atoms with Crippen LogP contribution in [0.4, 0.5) is 0 Å². The van der Waals surface area contributed by atoms with Crippen molar-refractivity contribution < 1.29 is 19.8 Å². The average molecular weight is 303 g/mol. The van der Waals surface area contributed by atoms with Crippen molar-refractivity contribution in [3.05, 3.63) is 34.5 Å². The van der Waals surface area contributed by atoms with Crippen molar-refractivity contribution >= 4 is 22.7 Å². The lowest BCUT2D eigenvalue weighted by Gasteiger charge is -2.13. The number of carboxylic acid groups (broad SMARTS) is 1. The van der Waals surface area contributed by atoms with Crippen LogP contribution in [0.15, 0.2) is 12.1 Å². The van der Waals surface area contributed by atoms with Crippen LogP contribution < -0.4 is 0 Å². The minimum absolute atomic E-state index is 0.0415. The van der Waals surface area contributed by atoms with Crippen molar-refractivity contribution in [2.24, 2.45) is 0 Å². The number of carbonyl (C=O) groups excluding carboxylic acids is 1. The number of fused-ring (bicyclic) bond motifs is 1. The maximum atomic E-state index is 12.0. The second kappa shape index (κ2) is 5.93. The van der Waals surface area contributed by atoms with Gasteiger partial charge >= 0.3 is 5.97 Å². The quantitative estimate of drug-likeness (QED) is 0.832. The van der Waals surface area contributed by atoms with Gasteiger partial charge in [-0.1, -0.05) is 13.8 Å². The molecule has 22 heavy (non-hydrogen) atoms. The van der Waals surface area contributed by atoms with E-state index in [1.165, 1.54) is 6.92 Å². The van der Waals surface area contributed by atoms with Crippen LogP contribution in [-0.4, -0.2) is 33.1 Å². The van der Waals surface area contributed by atoms with E-state index in [2.05, 4.69) is 0 Å². The van der Waals surface area contributed by atoms with Crippen molar-refractivity contribution in [3.8, 4) is 0 Å². The Morgan fingerprint density at radius 3 is 2.36 bits per heavy atom. The molecule has 1 aromatic heterocycles. The van der Waals surface area contributed by atoms with Crippen molar-refractivity contribution in [3.63, 3.8) is 0 Å². The molecule has 0 unspecified atom stereocenters. The number of carboxylic acids is 1. The van der Waals surface area contributed by atoms with E-state index < -0.39 is 5.97 Å². The van der Waals surface area contributed by atoms with Crippen LogP contribution in [0.25, 0.3) is 10.9 Å². The van der Waals surface area contributed by atoms with Gasteiger partial charge in [0.1, 0.15) is 0 Å². The topological polar surface area (TPSA) is 79.5 Å². The first kappa shape index (κ1) is 16.2. The molecule has 0 saturated heterocycles. The second-order valence-corrected chi connectivity index (χ2v) is 5.81. The molecule has 0 aliphatic heterocycles. The molecule has 0 aliphatic carbocycles. The van der Waals surface area contributed by atoms with Gasteiger partial charge in [0.25, 0.3) is 0 Å². The van der Waals surface area contributed by atoms with E-state index in [1.807, 2.05) is 25.3 Å². The number of nitrogens with zero attached hydrogens (tertiary/aromatic N) is 1. The fourth-order valence-electron chi connectivity index (χ4n) is 3.03. The van der Waals surface area contributed by atoms with Gasteiger partial charge in [0.05, 0.1) is 17.7 Å². The highest BCUT2D eigenvalue weighted by molar-refractivity contribution is 6.10. The van der Waals surface area contributed by atoms with Gasteiger partial charge in [-0.3, -0.25) is 4.79 Å². The van der Waals surface area contributed by atoms with Crippen molar-refractivity contribution in [2.75, 3.05) is 6.61 Å². The molecule has 2 rings (SSSR count). The number of hydrogen-bond donors (Lipinski definition) is 2. The number of ketones is 1. The Morgan fingerprint density at radius 1 is 1.27 bits per heavy atom. The Kier molecular flexibility index (Phi) is 4.37. The van der Waals surface area contributed by atoms with Gasteiger partial charge < -0.3 is 14.8 Å². The van der Waals surface area contributed by atoms with Crippen molar-refractivity contribution in [1.82, 2.24) is 4.57 Å². The summed E-state index contributed by atoms with van der Waals surface area (Å²) in [4.78, 5) is 23.4. The Bertz CT molecular complexity index is 756. The van der Waals surface area contributed by atoms with Crippen LogP contribution in [0.5, 0.6) is 0 Å². The number of aliphatic hydroxyl groups is 1. The van der Waals surface area contributed by atoms with Gasteiger partial charge in [-0.05, 0) is 37.5 Å². The monoisotopic (exact) mass is 303 g/mol. The van der Waals surface area contributed by atoms with E-state index in [9.17, 15) is 19.8 Å². The Labute approximate surface area is 129 Å². The molecule has 0 saturated carbocycles. The summed E-state index contributed by atoms with van der Waals surface area (Å²) in [6.45, 7) is 7.62. The molecule has 0 aliphatic rings. The molecule has 0 radical (unpaired) electrons. The molecular formula is C17H21NO4. The summed E-state index contributed by atoms with van der Waals surface area (Å²) in [7, 11) is 0. The third kappa shape index (κ3) is 2.52. The molecule has 118 valence electrons. The predicted octanol–water partition coefficient (Wildman–Crippen LogP) is 2.97. The highest BCUT2D eigenvalue weighted by Crippen LogP contribution is 2.34. The second-order valence-electron chi connectivity index (χ2n) is 5.81. The molecule has 0 spiro atoms.